The second kappa shape index (κ2) is 9.64. The Morgan fingerprint density at radius 3 is 1.60 bits per heavy atom. The van der Waals surface area contributed by atoms with E-state index in [0.717, 1.165) is 18.1 Å². The molecule has 4 nitrogen and oxygen atoms in total. The topological polar surface area (TPSA) is 44.8 Å². The zero-order valence-corrected chi connectivity index (χ0v) is 21.1. The summed E-state index contributed by atoms with van der Waals surface area (Å²) in [5.74, 6) is -0.344. The summed E-state index contributed by atoms with van der Waals surface area (Å²) in [5, 5.41) is 0. The van der Waals surface area contributed by atoms with E-state index in [1.807, 2.05) is 0 Å². The quantitative estimate of drug-likeness (QED) is 0.308. The molecule has 0 aromatic carbocycles. The van der Waals surface area contributed by atoms with E-state index in [2.05, 4.69) is 68.1 Å². The minimum atomic E-state index is -2.80. The average molecular weight is 405 g/mol. The molecule has 0 radical (unpaired) electrons. The van der Waals surface area contributed by atoms with Crippen molar-refractivity contribution in [2.45, 2.75) is 97.7 Å². The van der Waals surface area contributed by atoms with Crippen LogP contribution in [-0.4, -0.2) is 31.4 Å². The fraction of sp³-hybridized carbons (Fsp3) is 0.833. The second-order valence-corrected chi connectivity index (χ2v) is 20.9. The molecule has 0 aromatic rings. The molecule has 0 aromatic heterocycles. The highest BCUT2D eigenvalue weighted by Gasteiger charge is 2.53. The van der Waals surface area contributed by atoms with Gasteiger partial charge in [0.05, 0.1) is 0 Å². The third kappa shape index (κ3) is 6.46. The lowest BCUT2D eigenvalue weighted by molar-refractivity contribution is -0.132. The van der Waals surface area contributed by atoms with Gasteiger partial charge in [0.2, 0.25) is 0 Å². The number of hydrogen-bond acceptors (Lipinski definition) is 4. The molecule has 0 amide bonds. The third-order valence-electron chi connectivity index (χ3n) is 5.01. The highest BCUT2D eigenvalue weighted by Crippen LogP contribution is 2.39. The van der Waals surface area contributed by atoms with E-state index >= 15 is 0 Å². The molecule has 0 unspecified atom stereocenters. The Morgan fingerprint density at radius 1 is 0.920 bits per heavy atom. The molecule has 0 aliphatic carbocycles. The molecular formula is C18H40O4Si3. The molecular weight excluding hydrogens is 364 g/mol. The monoisotopic (exact) mass is 404 g/mol. The first-order chi connectivity index (χ1) is 11.3. The highest BCUT2D eigenvalue weighted by atomic mass is 28.5. The van der Waals surface area contributed by atoms with Crippen molar-refractivity contribution in [2.75, 3.05) is 0 Å². The van der Waals surface area contributed by atoms with Crippen LogP contribution in [0.3, 0.4) is 0 Å². The number of hydrogen-bond donors (Lipinski definition) is 0. The van der Waals surface area contributed by atoms with Gasteiger partial charge in [-0.15, -0.1) is 0 Å². The zero-order valence-electron chi connectivity index (χ0n) is 18.1. The van der Waals surface area contributed by atoms with Crippen LogP contribution < -0.4 is 0 Å². The number of carbonyl (C=O) groups is 1. The average Bonchev–Trinajstić information content (AvgIpc) is 2.51. The van der Waals surface area contributed by atoms with E-state index in [1.165, 1.54) is 0 Å². The summed E-state index contributed by atoms with van der Waals surface area (Å²) in [7, 11) is -7.03. The van der Waals surface area contributed by atoms with E-state index in [4.69, 9.17) is 12.7 Å². The van der Waals surface area contributed by atoms with Gasteiger partial charge in [0, 0.05) is 16.7 Å². The van der Waals surface area contributed by atoms with Gasteiger partial charge >= 0.3 is 23.1 Å². The van der Waals surface area contributed by atoms with Crippen LogP contribution in [0.25, 0.3) is 0 Å². The van der Waals surface area contributed by atoms with Crippen molar-refractivity contribution >= 4 is 31.4 Å². The third-order valence-corrected chi connectivity index (χ3v) is 19.5. The van der Waals surface area contributed by atoms with Gasteiger partial charge in [0.15, 0.2) is 8.32 Å². The molecule has 0 N–H and O–H groups in total. The smallest absolute Gasteiger partial charge is 0.398 e. The molecule has 0 bridgehead atoms. The molecule has 0 spiro atoms. The van der Waals surface area contributed by atoms with Crippen molar-refractivity contribution in [3.8, 4) is 0 Å². The lowest BCUT2D eigenvalue weighted by Gasteiger charge is -2.45. The zero-order chi connectivity index (χ0) is 20.1. The number of rotatable bonds is 11. The second-order valence-electron chi connectivity index (χ2n) is 8.05. The Balaban J connectivity index is 5.76. The summed E-state index contributed by atoms with van der Waals surface area (Å²) in [6, 6.07) is 3.26. The van der Waals surface area contributed by atoms with Crippen molar-refractivity contribution in [3.05, 3.63) is 12.2 Å². The van der Waals surface area contributed by atoms with Crippen molar-refractivity contribution in [1.82, 2.24) is 0 Å². The Morgan fingerprint density at radius 2 is 1.32 bits per heavy atom. The summed E-state index contributed by atoms with van der Waals surface area (Å²) < 4.78 is 19.5. The maximum Gasteiger partial charge on any atom is 0.398 e. The molecule has 0 aliphatic heterocycles. The minimum Gasteiger partial charge on any atom is -0.491 e. The van der Waals surface area contributed by atoms with Crippen LogP contribution in [-0.2, 0) is 17.5 Å². The van der Waals surface area contributed by atoms with Crippen molar-refractivity contribution in [3.63, 3.8) is 0 Å². The molecule has 0 atom stereocenters. The van der Waals surface area contributed by atoms with Crippen LogP contribution in [0, 0.1) is 0 Å². The van der Waals surface area contributed by atoms with Crippen LogP contribution in [0.15, 0.2) is 12.2 Å². The summed E-state index contributed by atoms with van der Waals surface area (Å²) in [6.45, 7) is 24.7. The number of carbonyl (C=O) groups excluding carboxylic acids is 1. The van der Waals surface area contributed by atoms with Gasteiger partial charge < -0.3 is 12.7 Å². The molecule has 7 heteroatoms. The first-order valence-electron chi connectivity index (χ1n) is 9.60. The fourth-order valence-electron chi connectivity index (χ4n) is 3.28. The Kier molecular flexibility index (Phi) is 9.56. The predicted molar refractivity (Wildman–Crippen MR) is 114 cm³/mol. The van der Waals surface area contributed by atoms with Gasteiger partial charge in [-0.25, -0.2) is 4.79 Å². The SMILES string of the molecule is C=C(C)C(=O)O[Si](O[Si](C)(C)O[Si](CC)(CC)CC)(C(C)C)C(C)C. The Bertz CT molecular complexity index is 441. The molecule has 148 valence electrons. The first kappa shape index (κ1) is 24.8. The summed E-state index contributed by atoms with van der Waals surface area (Å²) >= 11 is 0. The van der Waals surface area contributed by atoms with Gasteiger partial charge in [-0.05, 0) is 38.2 Å². The van der Waals surface area contributed by atoms with Crippen molar-refractivity contribution in [2.24, 2.45) is 0 Å². The molecule has 0 saturated heterocycles. The Hall–Kier alpha value is -0.219. The highest BCUT2D eigenvalue weighted by molar-refractivity contribution is 6.88. The molecule has 0 heterocycles. The van der Waals surface area contributed by atoms with Crippen LogP contribution in [0.2, 0.25) is 42.3 Å². The molecule has 0 saturated carbocycles. The van der Waals surface area contributed by atoms with E-state index in [1.54, 1.807) is 6.92 Å². The van der Waals surface area contributed by atoms with Crippen molar-refractivity contribution in [1.29, 1.82) is 0 Å². The normalized spacial score (nSPS) is 13.4. The largest absolute Gasteiger partial charge is 0.491 e. The van der Waals surface area contributed by atoms with E-state index in [0.29, 0.717) is 5.57 Å². The maximum atomic E-state index is 12.3. The summed E-state index contributed by atoms with van der Waals surface area (Å²) in [5.41, 5.74) is 0.709. The summed E-state index contributed by atoms with van der Waals surface area (Å²) in [6.07, 6.45) is 0. The molecule has 0 fully saturated rings. The first-order valence-corrected chi connectivity index (χ1v) is 16.9. The van der Waals surface area contributed by atoms with Crippen LogP contribution in [0.4, 0.5) is 0 Å². The van der Waals surface area contributed by atoms with Gasteiger partial charge in [0.25, 0.3) is 0 Å². The van der Waals surface area contributed by atoms with E-state index < -0.39 is 25.4 Å². The van der Waals surface area contributed by atoms with Crippen LogP contribution >= 0.6 is 0 Å². The molecule has 25 heavy (non-hydrogen) atoms. The van der Waals surface area contributed by atoms with Gasteiger partial charge in [-0.2, -0.15) is 0 Å². The van der Waals surface area contributed by atoms with Crippen LogP contribution in [0.5, 0.6) is 0 Å². The lowest BCUT2D eigenvalue weighted by atomic mass is 10.4. The minimum absolute atomic E-state index is 0.145. The summed E-state index contributed by atoms with van der Waals surface area (Å²) in [4.78, 5) is 12.3. The Labute approximate surface area is 159 Å². The van der Waals surface area contributed by atoms with E-state index in [-0.39, 0.29) is 17.1 Å². The van der Waals surface area contributed by atoms with E-state index in [9.17, 15) is 4.79 Å². The van der Waals surface area contributed by atoms with Crippen molar-refractivity contribution < 1.29 is 17.5 Å². The standard InChI is InChI=1S/C18H40O4Si3/c1-12-24(13-2,14-3)21-23(10,11)22-25(16(6)7,17(8)9)20-18(19)15(4)5/h16-17H,4,12-14H2,1-3,5-11H3. The molecule has 0 rings (SSSR count). The van der Waals surface area contributed by atoms with Gasteiger partial charge in [0.1, 0.15) is 0 Å². The fourth-order valence-corrected chi connectivity index (χ4v) is 18.6. The lowest BCUT2D eigenvalue weighted by Crippen LogP contribution is -2.60. The molecule has 0 aliphatic rings. The van der Waals surface area contributed by atoms with Gasteiger partial charge in [-0.3, -0.25) is 0 Å². The predicted octanol–water partition coefficient (Wildman–Crippen LogP) is 6.11. The maximum absolute atomic E-state index is 12.3. The van der Waals surface area contributed by atoms with Gasteiger partial charge in [-0.1, -0.05) is 55.0 Å². The van der Waals surface area contributed by atoms with Crippen LogP contribution in [0.1, 0.15) is 55.4 Å².